The normalized spacial score (nSPS) is 13.9. The Morgan fingerprint density at radius 1 is 0.842 bits per heavy atom. The summed E-state index contributed by atoms with van der Waals surface area (Å²) in [5.74, 6) is -0.101. The molecular weight excluding hydrogens is 487 g/mol. The monoisotopic (exact) mass is 514 g/mol. The van der Waals surface area contributed by atoms with Crippen LogP contribution in [0.4, 0.5) is 4.39 Å². The summed E-state index contributed by atoms with van der Waals surface area (Å²) < 4.78 is 37.3. The Balaban J connectivity index is 1.32. The van der Waals surface area contributed by atoms with E-state index in [4.69, 9.17) is 24.1 Å². The molecule has 1 N–H and O–H groups in total. The number of halogens is 1. The van der Waals surface area contributed by atoms with E-state index >= 15 is 0 Å². The number of carboxylic acids is 1. The van der Waals surface area contributed by atoms with E-state index in [0.29, 0.717) is 36.9 Å². The minimum atomic E-state index is -1.03. The fourth-order valence-corrected chi connectivity index (χ4v) is 4.33. The first kappa shape index (κ1) is 25.4. The van der Waals surface area contributed by atoms with Crippen molar-refractivity contribution < 1.29 is 33.2 Å². The van der Waals surface area contributed by atoms with Crippen LogP contribution in [0.1, 0.15) is 16.7 Å². The molecule has 4 aromatic rings. The lowest BCUT2D eigenvalue weighted by Gasteiger charge is -2.41. The van der Waals surface area contributed by atoms with Crippen molar-refractivity contribution >= 4 is 5.97 Å². The van der Waals surface area contributed by atoms with Crippen LogP contribution in [0.5, 0.6) is 11.5 Å². The summed E-state index contributed by atoms with van der Waals surface area (Å²) in [6, 6.07) is 29.5. The van der Waals surface area contributed by atoms with Crippen LogP contribution in [-0.2, 0) is 33.1 Å². The van der Waals surface area contributed by atoms with Gasteiger partial charge in [0.25, 0.3) is 0 Å². The Morgan fingerprint density at radius 3 is 2.29 bits per heavy atom. The summed E-state index contributed by atoms with van der Waals surface area (Å²) in [6.07, 6.45) is 0. The lowest BCUT2D eigenvalue weighted by Crippen LogP contribution is -2.49. The number of rotatable bonds is 11. The molecule has 0 aromatic heterocycles. The van der Waals surface area contributed by atoms with E-state index in [1.807, 2.05) is 66.7 Å². The van der Waals surface area contributed by atoms with Gasteiger partial charge in [-0.2, -0.15) is 0 Å². The smallest absolute Gasteiger partial charge is 0.329 e. The number of benzene rings is 4. The number of carboxylic acid groups (broad SMARTS) is 1. The van der Waals surface area contributed by atoms with Gasteiger partial charge in [-0.15, -0.1) is 0 Å². The third kappa shape index (κ3) is 5.85. The molecule has 38 heavy (non-hydrogen) atoms. The maximum absolute atomic E-state index is 14.3. The van der Waals surface area contributed by atoms with Gasteiger partial charge in [0, 0.05) is 11.1 Å². The standard InChI is InChI=1S/C31H27FO6/c32-25-12-15-27(28-8-4-5-9-29(28)37-17-22-6-2-1-3-7-22)23(16-25)18-36-26-13-10-24(11-14-26)31(20-35-21-31)38-19-30(33)34/h1-16H,17-21H2,(H,33,34). The molecule has 4 aromatic carbocycles. The molecule has 6 nitrogen and oxygen atoms in total. The molecule has 0 atom stereocenters. The molecule has 1 saturated heterocycles. The average Bonchev–Trinajstić information content (AvgIpc) is 2.91. The molecule has 0 saturated carbocycles. The maximum Gasteiger partial charge on any atom is 0.329 e. The molecule has 194 valence electrons. The number of carbonyl (C=O) groups is 1. The second kappa shape index (κ2) is 11.5. The van der Waals surface area contributed by atoms with E-state index in [0.717, 1.165) is 22.3 Å². The number of para-hydroxylation sites is 1. The average molecular weight is 515 g/mol. The van der Waals surface area contributed by atoms with Crippen molar-refractivity contribution in [1.82, 2.24) is 0 Å². The van der Waals surface area contributed by atoms with Crippen molar-refractivity contribution in [3.8, 4) is 22.6 Å². The van der Waals surface area contributed by atoms with E-state index in [9.17, 15) is 9.18 Å². The summed E-state index contributed by atoms with van der Waals surface area (Å²) >= 11 is 0. The van der Waals surface area contributed by atoms with Crippen molar-refractivity contribution in [2.75, 3.05) is 19.8 Å². The minimum Gasteiger partial charge on any atom is -0.489 e. The molecule has 1 aliphatic rings. The number of ether oxygens (including phenoxy) is 4. The largest absolute Gasteiger partial charge is 0.489 e. The molecule has 1 aliphatic heterocycles. The first-order valence-electron chi connectivity index (χ1n) is 12.2. The van der Waals surface area contributed by atoms with Gasteiger partial charge in [0.15, 0.2) is 0 Å². The molecule has 0 amide bonds. The summed E-state index contributed by atoms with van der Waals surface area (Å²) in [5, 5.41) is 8.97. The third-order valence-electron chi connectivity index (χ3n) is 6.40. The maximum atomic E-state index is 14.3. The Bertz CT molecular complexity index is 1380. The molecule has 1 heterocycles. The topological polar surface area (TPSA) is 74.2 Å². The quantitative estimate of drug-likeness (QED) is 0.266. The van der Waals surface area contributed by atoms with E-state index in [1.54, 1.807) is 18.2 Å². The predicted molar refractivity (Wildman–Crippen MR) is 139 cm³/mol. The van der Waals surface area contributed by atoms with Gasteiger partial charge in [-0.3, -0.25) is 0 Å². The van der Waals surface area contributed by atoms with Crippen LogP contribution in [0.3, 0.4) is 0 Å². The first-order chi connectivity index (χ1) is 18.5. The zero-order valence-corrected chi connectivity index (χ0v) is 20.6. The van der Waals surface area contributed by atoms with Crippen molar-refractivity contribution in [2.45, 2.75) is 18.8 Å². The molecule has 1 fully saturated rings. The third-order valence-corrected chi connectivity index (χ3v) is 6.40. The predicted octanol–water partition coefficient (Wildman–Crippen LogP) is 5.98. The SMILES string of the molecule is O=C(O)COC1(c2ccc(OCc3cc(F)ccc3-c3ccccc3OCc3ccccc3)cc2)COC1. The van der Waals surface area contributed by atoms with Crippen LogP contribution in [0.25, 0.3) is 11.1 Å². The second-order valence-corrected chi connectivity index (χ2v) is 9.05. The van der Waals surface area contributed by atoms with Crippen molar-refractivity contribution in [2.24, 2.45) is 0 Å². The summed E-state index contributed by atoms with van der Waals surface area (Å²) in [5.41, 5.74) is 3.44. The number of aliphatic carboxylic acids is 1. The zero-order chi connectivity index (χ0) is 26.4. The summed E-state index contributed by atoms with van der Waals surface area (Å²) in [6.45, 7) is 0.738. The molecule has 7 heteroatoms. The van der Waals surface area contributed by atoms with E-state index in [-0.39, 0.29) is 12.4 Å². The summed E-state index contributed by atoms with van der Waals surface area (Å²) in [4.78, 5) is 10.9. The molecular formula is C31H27FO6. The first-order valence-corrected chi connectivity index (χ1v) is 12.2. The molecule has 0 aliphatic carbocycles. The highest BCUT2D eigenvalue weighted by atomic mass is 19.1. The summed E-state index contributed by atoms with van der Waals surface area (Å²) in [7, 11) is 0. The highest BCUT2D eigenvalue weighted by Crippen LogP contribution is 2.36. The highest BCUT2D eigenvalue weighted by Gasteiger charge is 2.42. The van der Waals surface area contributed by atoms with Gasteiger partial charge >= 0.3 is 5.97 Å². The lowest BCUT2D eigenvalue weighted by atomic mass is 9.91. The number of hydrogen-bond acceptors (Lipinski definition) is 5. The zero-order valence-electron chi connectivity index (χ0n) is 20.6. The van der Waals surface area contributed by atoms with E-state index < -0.39 is 18.2 Å². The van der Waals surface area contributed by atoms with E-state index in [1.165, 1.54) is 12.1 Å². The fraction of sp³-hybridized carbons (Fsp3) is 0.194. The van der Waals surface area contributed by atoms with Crippen molar-refractivity contribution in [3.05, 3.63) is 120 Å². The van der Waals surface area contributed by atoms with Gasteiger partial charge in [0.1, 0.15) is 42.7 Å². The van der Waals surface area contributed by atoms with Gasteiger partial charge in [0.2, 0.25) is 0 Å². The van der Waals surface area contributed by atoms with Crippen LogP contribution in [-0.4, -0.2) is 30.9 Å². The second-order valence-electron chi connectivity index (χ2n) is 9.05. The molecule has 0 unspecified atom stereocenters. The minimum absolute atomic E-state index is 0.142. The molecule has 0 radical (unpaired) electrons. The Labute approximate surface area is 220 Å². The molecule has 0 spiro atoms. The van der Waals surface area contributed by atoms with Crippen LogP contribution in [0.2, 0.25) is 0 Å². The van der Waals surface area contributed by atoms with Gasteiger partial charge < -0.3 is 24.1 Å². The Morgan fingerprint density at radius 2 is 1.58 bits per heavy atom. The van der Waals surface area contributed by atoms with Gasteiger partial charge in [-0.1, -0.05) is 66.7 Å². The van der Waals surface area contributed by atoms with Crippen LogP contribution < -0.4 is 9.47 Å². The van der Waals surface area contributed by atoms with Crippen LogP contribution in [0, 0.1) is 5.82 Å². The van der Waals surface area contributed by atoms with E-state index in [2.05, 4.69) is 0 Å². The van der Waals surface area contributed by atoms with Crippen molar-refractivity contribution in [1.29, 1.82) is 0 Å². The Kier molecular flexibility index (Phi) is 7.67. The van der Waals surface area contributed by atoms with Crippen LogP contribution in [0.15, 0.2) is 97.1 Å². The highest BCUT2D eigenvalue weighted by molar-refractivity contribution is 5.73. The van der Waals surface area contributed by atoms with Gasteiger partial charge in [0.05, 0.1) is 13.2 Å². The van der Waals surface area contributed by atoms with Gasteiger partial charge in [-0.25, -0.2) is 9.18 Å². The Hall–Kier alpha value is -4.20. The lowest BCUT2D eigenvalue weighted by molar-refractivity contribution is -0.220. The number of hydrogen-bond donors (Lipinski definition) is 1. The van der Waals surface area contributed by atoms with Crippen molar-refractivity contribution in [3.63, 3.8) is 0 Å². The molecule has 5 rings (SSSR count). The van der Waals surface area contributed by atoms with Crippen LogP contribution >= 0.6 is 0 Å². The molecule has 0 bridgehead atoms. The van der Waals surface area contributed by atoms with Gasteiger partial charge in [-0.05, 0) is 47.0 Å². The fourth-order valence-electron chi connectivity index (χ4n) is 4.33.